The number of rotatable bonds is 13. The number of furan rings is 1. The molecule has 0 aliphatic carbocycles. The molecule has 1 aromatic heterocycles. The Balaban J connectivity index is 2.99. The van der Waals surface area contributed by atoms with Crippen LogP contribution in [0.4, 0.5) is 0 Å². The van der Waals surface area contributed by atoms with Gasteiger partial charge in [0, 0.05) is 0 Å². The van der Waals surface area contributed by atoms with Gasteiger partial charge in [-0.05, 0) is 0 Å². The Hall–Kier alpha value is 0.256. The summed E-state index contributed by atoms with van der Waals surface area (Å²) >= 11 is -2.36. The Morgan fingerprint density at radius 2 is 1.41 bits per heavy atom. The van der Waals surface area contributed by atoms with Crippen molar-refractivity contribution in [1.82, 2.24) is 0 Å². The SMILES string of the molecule is CCC[CH2][Sn]([CH2]CCC)([CH2]CCC)[c]1coc(CO[Si](C)(C)C(C)(C)C)c1. The predicted octanol–water partition coefficient (Wildman–Crippen LogP) is 7.86. The molecule has 4 heteroatoms. The average Bonchev–Trinajstić information content (AvgIpc) is 3.08. The van der Waals surface area contributed by atoms with Crippen LogP contribution in [0.2, 0.25) is 31.4 Å². The topological polar surface area (TPSA) is 22.4 Å². The van der Waals surface area contributed by atoms with E-state index < -0.39 is 26.7 Å². The average molecular weight is 501 g/mol. The van der Waals surface area contributed by atoms with E-state index in [-0.39, 0.29) is 5.04 Å². The molecule has 0 N–H and O–H groups in total. The van der Waals surface area contributed by atoms with E-state index in [2.05, 4.69) is 67.0 Å². The minimum absolute atomic E-state index is 0.245. The van der Waals surface area contributed by atoms with Crippen molar-refractivity contribution in [3.63, 3.8) is 0 Å². The zero-order valence-electron chi connectivity index (χ0n) is 19.5. The molecule has 27 heavy (non-hydrogen) atoms. The molecule has 0 saturated heterocycles. The molecular weight excluding hydrogens is 455 g/mol. The van der Waals surface area contributed by atoms with Crippen LogP contribution in [-0.2, 0) is 11.0 Å². The second-order valence-corrected chi connectivity index (χ2v) is 28.0. The number of unbranched alkanes of at least 4 members (excludes halogenated alkanes) is 3. The molecule has 0 radical (unpaired) electrons. The minimum atomic E-state index is -2.36. The molecule has 1 heterocycles. The van der Waals surface area contributed by atoms with Gasteiger partial charge < -0.3 is 0 Å². The molecule has 0 aliphatic rings. The van der Waals surface area contributed by atoms with Gasteiger partial charge in [0.25, 0.3) is 0 Å². The molecular formula is C23H46O2SiSn. The monoisotopic (exact) mass is 502 g/mol. The Kier molecular flexibility index (Phi) is 10.7. The molecule has 0 aromatic carbocycles. The van der Waals surface area contributed by atoms with Crippen LogP contribution >= 0.6 is 0 Å². The summed E-state index contributed by atoms with van der Waals surface area (Å²) in [5.41, 5.74) is 0. The second kappa shape index (κ2) is 11.4. The van der Waals surface area contributed by atoms with Crippen LogP contribution in [0.1, 0.15) is 85.8 Å². The van der Waals surface area contributed by atoms with Gasteiger partial charge in [-0.3, -0.25) is 0 Å². The molecule has 158 valence electrons. The van der Waals surface area contributed by atoms with Crippen LogP contribution in [0.25, 0.3) is 0 Å². The van der Waals surface area contributed by atoms with E-state index in [9.17, 15) is 0 Å². The fraction of sp³-hybridized carbons (Fsp3) is 0.826. The van der Waals surface area contributed by atoms with Crippen molar-refractivity contribution in [2.24, 2.45) is 0 Å². The van der Waals surface area contributed by atoms with Gasteiger partial charge in [0.05, 0.1) is 0 Å². The second-order valence-electron chi connectivity index (χ2n) is 9.94. The van der Waals surface area contributed by atoms with Crippen molar-refractivity contribution in [3.8, 4) is 0 Å². The van der Waals surface area contributed by atoms with Crippen molar-refractivity contribution in [2.75, 3.05) is 0 Å². The van der Waals surface area contributed by atoms with Crippen LogP contribution in [0.5, 0.6) is 0 Å². The quantitative estimate of drug-likeness (QED) is 0.257. The Bertz CT molecular complexity index is 509. The van der Waals surface area contributed by atoms with Crippen LogP contribution in [-0.4, -0.2) is 26.7 Å². The molecule has 0 spiro atoms. The fourth-order valence-electron chi connectivity index (χ4n) is 3.56. The molecule has 0 fully saturated rings. The zero-order valence-corrected chi connectivity index (χ0v) is 23.4. The Morgan fingerprint density at radius 3 is 1.81 bits per heavy atom. The first-order chi connectivity index (χ1) is 12.6. The molecule has 0 unspecified atom stereocenters. The summed E-state index contributed by atoms with van der Waals surface area (Å²) in [4.78, 5) is 0. The van der Waals surface area contributed by atoms with E-state index in [1.54, 1.807) is 3.58 Å². The van der Waals surface area contributed by atoms with Gasteiger partial charge in [0.2, 0.25) is 0 Å². The van der Waals surface area contributed by atoms with Gasteiger partial charge in [-0.15, -0.1) is 0 Å². The standard InChI is InChI=1S/C11H19O2Si.3C4H9.Sn/c1-11(2,3)14(4,5)13-9-10-7-6-8-12-10;3*1-3-4-2;/h7-8H,9H2,1-5H3;3*1,3-4H2,2H3;. The van der Waals surface area contributed by atoms with Crippen molar-refractivity contribution in [1.29, 1.82) is 0 Å². The molecule has 0 atom stereocenters. The van der Waals surface area contributed by atoms with Crippen molar-refractivity contribution < 1.29 is 8.84 Å². The number of hydrogen-bond donors (Lipinski definition) is 0. The summed E-state index contributed by atoms with van der Waals surface area (Å²) in [5, 5.41) is 0.245. The van der Waals surface area contributed by atoms with E-state index in [0.717, 1.165) is 5.76 Å². The van der Waals surface area contributed by atoms with Gasteiger partial charge in [-0.2, -0.15) is 0 Å². The third-order valence-electron chi connectivity index (χ3n) is 6.67. The van der Waals surface area contributed by atoms with E-state index in [4.69, 9.17) is 8.84 Å². The molecule has 1 rings (SSSR count). The number of hydrogen-bond acceptors (Lipinski definition) is 2. The van der Waals surface area contributed by atoms with E-state index in [1.165, 1.54) is 51.8 Å². The zero-order chi connectivity index (χ0) is 20.6. The molecule has 1 aromatic rings. The summed E-state index contributed by atoms with van der Waals surface area (Å²) in [6, 6.07) is 2.41. The molecule has 0 saturated carbocycles. The molecule has 0 bridgehead atoms. The van der Waals surface area contributed by atoms with Crippen LogP contribution in [0.15, 0.2) is 16.7 Å². The third kappa shape index (κ3) is 7.54. The summed E-state index contributed by atoms with van der Waals surface area (Å²) in [7, 11) is -1.73. The molecule has 2 nitrogen and oxygen atoms in total. The van der Waals surface area contributed by atoms with Crippen molar-refractivity contribution >= 4 is 30.3 Å². The van der Waals surface area contributed by atoms with Crippen molar-refractivity contribution in [2.45, 2.75) is 118 Å². The van der Waals surface area contributed by atoms with Gasteiger partial charge in [0.15, 0.2) is 0 Å². The summed E-state index contributed by atoms with van der Waals surface area (Å²) < 4.78 is 18.6. The van der Waals surface area contributed by atoms with Gasteiger partial charge >= 0.3 is 175 Å². The molecule has 0 aliphatic heterocycles. The van der Waals surface area contributed by atoms with E-state index in [1.807, 2.05) is 0 Å². The summed E-state index contributed by atoms with van der Waals surface area (Å²) in [6.45, 7) is 19.2. The normalized spacial score (nSPS) is 13.3. The predicted molar refractivity (Wildman–Crippen MR) is 125 cm³/mol. The van der Waals surface area contributed by atoms with Crippen LogP contribution in [0, 0.1) is 0 Å². The van der Waals surface area contributed by atoms with E-state index >= 15 is 0 Å². The fourth-order valence-corrected chi connectivity index (χ4v) is 20.1. The summed E-state index contributed by atoms with van der Waals surface area (Å²) in [5.74, 6) is 1.06. The first-order valence-electron chi connectivity index (χ1n) is 11.3. The van der Waals surface area contributed by atoms with E-state index in [0.29, 0.717) is 6.61 Å². The van der Waals surface area contributed by atoms with Crippen LogP contribution < -0.4 is 3.58 Å². The van der Waals surface area contributed by atoms with Crippen LogP contribution in [0.3, 0.4) is 0 Å². The first kappa shape index (κ1) is 25.3. The van der Waals surface area contributed by atoms with Gasteiger partial charge in [-0.25, -0.2) is 0 Å². The Labute approximate surface area is 174 Å². The van der Waals surface area contributed by atoms with Gasteiger partial charge in [-0.1, -0.05) is 0 Å². The molecule has 0 amide bonds. The third-order valence-corrected chi connectivity index (χ3v) is 26.6. The van der Waals surface area contributed by atoms with Gasteiger partial charge in [0.1, 0.15) is 0 Å². The summed E-state index contributed by atoms with van der Waals surface area (Å²) in [6.07, 6.45) is 10.3. The maximum absolute atomic E-state index is 6.42. The van der Waals surface area contributed by atoms with Crippen molar-refractivity contribution in [3.05, 3.63) is 18.1 Å². The Morgan fingerprint density at radius 1 is 0.926 bits per heavy atom. The first-order valence-corrected chi connectivity index (χ1v) is 21.7. The maximum atomic E-state index is 6.42.